The van der Waals surface area contributed by atoms with Crippen LogP contribution >= 0.6 is 0 Å². The third kappa shape index (κ3) is 2.48. The second kappa shape index (κ2) is 4.45. The molecule has 1 saturated carbocycles. The largest absolute Gasteiger partial charge is 0.359 e. The first kappa shape index (κ1) is 9.52. The Morgan fingerprint density at radius 2 is 2.17 bits per heavy atom. The van der Waals surface area contributed by atoms with Crippen LogP contribution in [0.2, 0.25) is 0 Å². The number of hydrogen-bond donors (Lipinski definition) is 2. The molecular weight excluding hydrogens is 152 g/mol. The zero-order chi connectivity index (χ0) is 8.97. The van der Waals surface area contributed by atoms with Crippen LogP contribution in [-0.4, -0.2) is 19.0 Å². The van der Waals surface area contributed by atoms with Gasteiger partial charge in [-0.3, -0.25) is 4.79 Å². The SMILES string of the molecule is CNC(=O)CC1CCCCC1N. The fraction of sp³-hybridized carbons (Fsp3) is 0.889. The number of nitrogens with two attached hydrogens (primary N) is 1. The fourth-order valence-corrected chi connectivity index (χ4v) is 1.83. The topological polar surface area (TPSA) is 55.1 Å². The van der Waals surface area contributed by atoms with E-state index in [1.165, 1.54) is 12.8 Å². The summed E-state index contributed by atoms with van der Waals surface area (Å²) in [5, 5.41) is 2.64. The molecule has 1 amide bonds. The van der Waals surface area contributed by atoms with E-state index in [2.05, 4.69) is 5.32 Å². The first-order valence-corrected chi connectivity index (χ1v) is 4.70. The van der Waals surface area contributed by atoms with Gasteiger partial charge in [-0.15, -0.1) is 0 Å². The lowest BCUT2D eigenvalue weighted by Crippen LogP contribution is -2.36. The molecule has 0 aromatic rings. The second-order valence-corrected chi connectivity index (χ2v) is 3.59. The van der Waals surface area contributed by atoms with Gasteiger partial charge in [-0.25, -0.2) is 0 Å². The minimum Gasteiger partial charge on any atom is -0.359 e. The lowest BCUT2D eigenvalue weighted by atomic mass is 9.83. The van der Waals surface area contributed by atoms with Crippen molar-refractivity contribution in [1.82, 2.24) is 5.32 Å². The van der Waals surface area contributed by atoms with Crippen molar-refractivity contribution in [2.24, 2.45) is 11.7 Å². The van der Waals surface area contributed by atoms with E-state index in [-0.39, 0.29) is 11.9 Å². The van der Waals surface area contributed by atoms with E-state index in [0.717, 1.165) is 12.8 Å². The van der Waals surface area contributed by atoms with Crippen molar-refractivity contribution in [1.29, 1.82) is 0 Å². The van der Waals surface area contributed by atoms with Gasteiger partial charge in [0.15, 0.2) is 0 Å². The summed E-state index contributed by atoms with van der Waals surface area (Å²) in [7, 11) is 1.68. The van der Waals surface area contributed by atoms with Crippen molar-refractivity contribution in [2.45, 2.75) is 38.1 Å². The molecule has 3 heteroatoms. The van der Waals surface area contributed by atoms with Crippen LogP contribution in [0.3, 0.4) is 0 Å². The first-order chi connectivity index (χ1) is 5.74. The normalized spacial score (nSPS) is 29.8. The maximum atomic E-state index is 11.1. The molecule has 70 valence electrons. The average Bonchev–Trinajstić information content (AvgIpc) is 2.09. The van der Waals surface area contributed by atoms with Crippen molar-refractivity contribution >= 4 is 5.91 Å². The van der Waals surface area contributed by atoms with Gasteiger partial charge in [0, 0.05) is 19.5 Å². The summed E-state index contributed by atoms with van der Waals surface area (Å²) in [6.45, 7) is 0. The third-order valence-electron chi connectivity index (χ3n) is 2.69. The number of nitrogens with one attached hydrogen (secondary N) is 1. The molecule has 0 heterocycles. The van der Waals surface area contributed by atoms with Crippen molar-refractivity contribution in [3.63, 3.8) is 0 Å². The monoisotopic (exact) mass is 170 g/mol. The molecule has 0 aliphatic heterocycles. The van der Waals surface area contributed by atoms with Gasteiger partial charge in [0.1, 0.15) is 0 Å². The Balaban J connectivity index is 2.33. The summed E-state index contributed by atoms with van der Waals surface area (Å²) < 4.78 is 0. The molecule has 1 aliphatic rings. The molecule has 0 aromatic carbocycles. The smallest absolute Gasteiger partial charge is 0.220 e. The highest BCUT2D eigenvalue weighted by Gasteiger charge is 2.23. The van der Waals surface area contributed by atoms with Crippen LogP contribution in [0.25, 0.3) is 0 Å². The van der Waals surface area contributed by atoms with Crippen LogP contribution in [-0.2, 0) is 4.79 Å². The molecule has 2 atom stereocenters. The molecule has 1 aliphatic carbocycles. The standard InChI is InChI=1S/C9H18N2O/c1-11-9(12)6-7-4-2-3-5-8(7)10/h7-8H,2-6,10H2,1H3,(H,11,12). The highest BCUT2D eigenvalue weighted by atomic mass is 16.1. The average molecular weight is 170 g/mol. The minimum absolute atomic E-state index is 0.123. The Hall–Kier alpha value is -0.570. The summed E-state index contributed by atoms with van der Waals surface area (Å²) in [5.74, 6) is 0.538. The van der Waals surface area contributed by atoms with Crippen molar-refractivity contribution in [3.05, 3.63) is 0 Å². The highest BCUT2D eigenvalue weighted by molar-refractivity contribution is 5.75. The molecule has 0 saturated heterocycles. The van der Waals surface area contributed by atoms with Gasteiger partial charge in [0.2, 0.25) is 5.91 Å². The fourth-order valence-electron chi connectivity index (χ4n) is 1.83. The molecule has 0 aromatic heterocycles. The summed E-state index contributed by atoms with van der Waals surface area (Å²) in [5.41, 5.74) is 5.90. The Morgan fingerprint density at radius 3 is 2.75 bits per heavy atom. The third-order valence-corrected chi connectivity index (χ3v) is 2.69. The number of amides is 1. The zero-order valence-corrected chi connectivity index (χ0v) is 7.68. The maximum absolute atomic E-state index is 11.1. The molecule has 3 nitrogen and oxygen atoms in total. The van der Waals surface area contributed by atoms with E-state index < -0.39 is 0 Å². The highest BCUT2D eigenvalue weighted by Crippen LogP contribution is 2.25. The van der Waals surface area contributed by atoms with E-state index in [9.17, 15) is 4.79 Å². The summed E-state index contributed by atoms with van der Waals surface area (Å²) in [4.78, 5) is 11.1. The molecule has 1 fully saturated rings. The number of hydrogen-bond acceptors (Lipinski definition) is 2. The van der Waals surface area contributed by atoms with Gasteiger partial charge in [-0.05, 0) is 18.8 Å². The van der Waals surface area contributed by atoms with Gasteiger partial charge >= 0.3 is 0 Å². The Labute approximate surface area is 73.7 Å². The van der Waals surface area contributed by atoms with E-state index >= 15 is 0 Å². The van der Waals surface area contributed by atoms with Crippen molar-refractivity contribution in [2.75, 3.05) is 7.05 Å². The Morgan fingerprint density at radius 1 is 1.50 bits per heavy atom. The molecule has 0 radical (unpaired) electrons. The van der Waals surface area contributed by atoms with Crippen molar-refractivity contribution in [3.8, 4) is 0 Å². The van der Waals surface area contributed by atoms with E-state index in [1.54, 1.807) is 7.05 Å². The predicted octanol–water partition coefficient (Wildman–Crippen LogP) is 0.640. The molecule has 12 heavy (non-hydrogen) atoms. The molecular formula is C9H18N2O. The summed E-state index contributed by atoms with van der Waals surface area (Å²) >= 11 is 0. The molecule has 0 spiro atoms. The minimum atomic E-state index is 0.123. The molecule has 1 rings (SSSR count). The quantitative estimate of drug-likeness (QED) is 0.639. The van der Waals surface area contributed by atoms with Crippen LogP contribution in [0, 0.1) is 5.92 Å². The summed E-state index contributed by atoms with van der Waals surface area (Å²) in [6.07, 6.45) is 5.27. The number of carbonyl (C=O) groups is 1. The lowest BCUT2D eigenvalue weighted by Gasteiger charge is -2.27. The van der Waals surface area contributed by atoms with Crippen LogP contribution < -0.4 is 11.1 Å². The zero-order valence-electron chi connectivity index (χ0n) is 7.68. The van der Waals surface area contributed by atoms with Crippen LogP contribution in [0.4, 0.5) is 0 Å². The van der Waals surface area contributed by atoms with E-state index in [1.807, 2.05) is 0 Å². The van der Waals surface area contributed by atoms with E-state index in [0.29, 0.717) is 12.3 Å². The number of carbonyl (C=O) groups excluding carboxylic acids is 1. The summed E-state index contributed by atoms with van der Waals surface area (Å²) in [6, 6.07) is 0.246. The molecule has 3 N–H and O–H groups in total. The second-order valence-electron chi connectivity index (χ2n) is 3.59. The van der Waals surface area contributed by atoms with Gasteiger partial charge < -0.3 is 11.1 Å². The van der Waals surface area contributed by atoms with Gasteiger partial charge in [-0.2, -0.15) is 0 Å². The molecule has 0 bridgehead atoms. The number of rotatable bonds is 2. The predicted molar refractivity (Wildman–Crippen MR) is 48.6 cm³/mol. The maximum Gasteiger partial charge on any atom is 0.220 e. The Bertz CT molecular complexity index is 159. The van der Waals surface area contributed by atoms with Gasteiger partial charge in [-0.1, -0.05) is 12.8 Å². The van der Waals surface area contributed by atoms with Crippen LogP contribution in [0.1, 0.15) is 32.1 Å². The van der Waals surface area contributed by atoms with Gasteiger partial charge in [0.25, 0.3) is 0 Å². The van der Waals surface area contributed by atoms with E-state index in [4.69, 9.17) is 5.73 Å². The first-order valence-electron chi connectivity index (χ1n) is 4.70. The van der Waals surface area contributed by atoms with Crippen molar-refractivity contribution < 1.29 is 4.79 Å². The molecule has 2 unspecified atom stereocenters. The Kier molecular flexibility index (Phi) is 3.53. The van der Waals surface area contributed by atoms with Gasteiger partial charge in [0.05, 0.1) is 0 Å². The van der Waals surface area contributed by atoms with Crippen LogP contribution in [0.5, 0.6) is 0 Å². The van der Waals surface area contributed by atoms with Crippen LogP contribution in [0.15, 0.2) is 0 Å². The lowest BCUT2D eigenvalue weighted by molar-refractivity contribution is -0.121.